The Morgan fingerprint density at radius 1 is 1.18 bits per heavy atom. The van der Waals surface area contributed by atoms with Crippen LogP contribution in [0.4, 0.5) is 0 Å². The minimum Gasteiger partial charge on any atom is -0.481 e. The van der Waals surface area contributed by atoms with E-state index in [2.05, 4.69) is 4.74 Å². The van der Waals surface area contributed by atoms with Crippen LogP contribution in [0.15, 0.2) is 0 Å². The third-order valence-electron chi connectivity index (χ3n) is 2.97. The Balaban J connectivity index is 2.91. The molecule has 0 radical (unpaired) electrons. The van der Waals surface area contributed by atoms with E-state index in [0.717, 1.165) is 7.11 Å². The highest BCUT2D eigenvalue weighted by molar-refractivity contribution is 7.86. The number of carboxylic acids is 1. The summed E-state index contributed by atoms with van der Waals surface area (Å²) in [5.74, 6) is -3.58. The van der Waals surface area contributed by atoms with Crippen LogP contribution >= 0.6 is 0 Å². The molecule has 0 heterocycles. The molecule has 98 valence electrons. The SMILES string of the molecule is COC(=O)C1CC(C(=O)O)CC(S(=O)(=O)O)C1. The van der Waals surface area contributed by atoms with Gasteiger partial charge in [0, 0.05) is 0 Å². The predicted octanol–water partition coefficient (Wildman–Crippen LogP) is -0.0833. The van der Waals surface area contributed by atoms with Crippen LogP contribution in [0.5, 0.6) is 0 Å². The largest absolute Gasteiger partial charge is 0.481 e. The van der Waals surface area contributed by atoms with Gasteiger partial charge in [-0.1, -0.05) is 0 Å². The number of carbonyl (C=O) groups is 2. The van der Waals surface area contributed by atoms with E-state index in [0.29, 0.717) is 0 Å². The zero-order chi connectivity index (χ0) is 13.2. The van der Waals surface area contributed by atoms with Gasteiger partial charge in [-0.2, -0.15) is 8.42 Å². The molecular formula is C9H14O7S. The van der Waals surface area contributed by atoms with Gasteiger partial charge in [-0.05, 0) is 19.3 Å². The van der Waals surface area contributed by atoms with E-state index in [1.54, 1.807) is 0 Å². The van der Waals surface area contributed by atoms with Crippen molar-refractivity contribution in [2.24, 2.45) is 11.8 Å². The van der Waals surface area contributed by atoms with Crippen LogP contribution in [0.1, 0.15) is 19.3 Å². The van der Waals surface area contributed by atoms with Crippen molar-refractivity contribution >= 4 is 22.1 Å². The normalized spacial score (nSPS) is 29.6. The molecule has 3 unspecified atom stereocenters. The highest BCUT2D eigenvalue weighted by Crippen LogP contribution is 2.33. The number of aliphatic carboxylic acids is 1. The lowest BCUT2D eigenvalue weighted by molar-refractivity contribution is -0.150. The first-order valence-electron chi connectivity index (χ1n) is 5.02. The zero-order valence-corrected chi connectivity index (χ0v) is 10.0. The summed E-state index contributed by atoms with van der Waals surface area (Å²) in [6, 6.07) is 0. The molecule has 0 saturated heterocycles. The van der Waals surface area contributed by atoms with Gasteiger partial charge in [0.15, 0.2) is 0 Å². The van der Waals surface area contributed by atoms with Gasteiger partial charge in [0.05, 0.1) is 24.2 Å². The van der Waals surface area contributed by atoms with Crippen molar-refractivity contribution in [1.29, 1.82) is 0 Å². The third kappa shape index (κ3) is 3.40. The minimum absolute atomic E-state index is 0.0357. The van der Waals surface area contributed by atoms with Crippen LogP contribution in [0.3, 0.4) is 0 Å². The Bertz CT molecular complexity index is 413. The monoisotopic (exact) mass is 266 g/mol. The average molecular weight is 266 g/mol. The Morgan fingerprint density at radius 3 is 2.12 bits per heavy atom. The first-order valence-corrected chi connectivity index (χ1v) is 6.53. The number of rotatable bonds is 3. The zero-order valence-electron chi connectivity index (χ0n) is 9.20. The lowest BCUT2D eigenvalue weighted by Crippen LogP contribution is -2.38. The second-order valence-electron chi connectivity index (χ2n) is 4.10. The number of ether oxygens (including phenoxy) is 1. The number of carbonyl (C=O) groups excluding carboxylic acids is 1. The van der Waals surface area contributed by atoms with Crippen molar-refractivity contribution < 1.29 is 32.4 Å². The quantitative estimate of drug-likeness (QED) is 0.541. The van der Waals surface area contributed by atoms with E-state index in [1.807, 2.05) is 0 Å². The minimum atomic E-state index is -4.34. The summed E-state index contributed by atoms with van der Waals surface area (Å²) >= 11 is 0. The number of carboxylic acid groups (broad SMARTS) is 1. The van der Waals surface area contributed by atoms with E-state index < -0.39 is 39.1 Å². The van der Waals surface area contributed by atoms with E-state index in [-0.39, 0.29) is 19.3 Å². The maximum atomic E-state index is 11.3. The number of methoxy groups -OCH3 is 1. The second kappa shape index (κ2) is 5.01. The van der Waals surface area contributed by atoms with Crippen LogP contribution < -0.4 is 0 Å². The molecular weight excluding hydrogens is 252 g/mol. The van der Waals surface area contributed by atoms with Gasteiger partial charge in [0.25, 0.3) is 10.1 Å². The second-order valence-corrected chi connectivity index (χ2v) is 5.80. The lowest BCUT2D eigenvalue weighted by atomic mass is 9.81. The molecule has 0 spiro atoms. The molecule has 1 aliphatic carbocycles. The van der Waals surface area contributed by atoms with Crippen LogP contribution in [-0.2, 0) is 24.4 Å². The molecule has 0 aromatic heterocycles. The molecule has 0 amide bonds. The van der Waals surface area contributed by atoms with E-state index in [4.69, 9.17) is 9.66 Å². The third-order valence-corrected chi connectivity index (χ3v) is 4.20. The summed E-state index contributed by atoms with van der Waals surface area (Å²) in [6.45, 7) is 0. The standard InChI is InChI=1S/C9H14O7S/c1-16-9(12)6-2-5(8(10)11)3-7(4-6)17(13,14)15/h5-7H,2-4H2,1H3,(H,10,11)(H,13,14,15). The molecule has 0 aliphatic heterocycles. The van der Waals surface area contributed by atoms with Gasteiger partial charge in [-0.15, -0.1) is 0 Å². The van der Waals surface area contributed by atoms with Crippen molar-refractivity contribution in [3.8, 4) is 0 Å². The average Bonchev–Trinajstić information content (AvgIpc) is 2.26. The molecule has 17 heavy (non-hydrogen) atoms. The highest BCUT2D eigenvalue weighted by Gasteiger charge is 2.41. The van der Waals surface area contributed by atoms with E-state index >= 15 is 0 Å². The van der Waals surface area contributed by atoms with Gasteiger partial charge < -0.3 is 9.84 Å². The van der Waals surface area contributed by atoms with E-state index in [9.17, 15) is 18.0 Å². The summed E-state index contributed by atoms with van der Waals surface area (Å²) in [6.07, 6.45) is -0.245. The summed E-state index contributed by atoms with van der Waals surface area (Å²) in [5.41, 5.74) is 0. The lowest BCUT2D eigenvalue weighted by Gasteiger charge is -2.29. The Hall–Kier alpha value is -1.15. The predicted molar refractivity (Wildman–Crippen MR) is 55.8 cm³/mol. The Labute approximate surface area is 98.5 Å². The summed E-state index contributed by atoms with van der Waals surface area (Å²) < 4.78 is 35.5. The van der Waals surface area contributed by atoms with Crippen LogP contribution in [-0.4, -0.2) is 42.4 Å². The molecule has 1 fully saturated rings. The molecule has 2 N–H and O–H groups in total. The first-order chi connectivity index (χ1) is 7.75. The summed E-state index contributed by atoms with van der Waals surface area (Å²) in [4.78, 5) is 22.2. The van der Waals surface area contributed by atoms with Gasteiger partial charge in [0.1, 0.15) is 0 Å². The highest BCUT2D eigenvalue weighted by atomic mass is 32.2. The summed E-state index contributed by atoms with van der Waals surface area (Å²) in [7, 11) is -3.19. The van der Waals surface area contributed by atoms with Crippen molar-refractivity contribution in [2.45, 2.75) is 24.5 Å². The molecule has 1 aliphatic rings. The van der Waals surface area contributed by atoms with Gasteiger partial charge in [-0.3, -0.25) is 14.1 Å². The molecule has 1 rings (SSSR count). The molecule has 8 heteroatoms. The fourth-order valence-corrected chi connectivity index (χ4v) is 3.02. The molecule has 7 nitrogen and oxygen atoms in total. The molecule has 0 bridgehead atoms. The van der Waals surface area contributed by atoms with E-state index in [1.165, 1.54) is 0 Å². The topological polar surface area (TPSA) is 118 Å². The number of hydrogen-bond donors (Lipinski definition) is 2. The molecule has 0 aromatic rings. The van der Waals surface area contributed by atoms with Crippen molar-refractivity contribution in [3.05, 3.63) is 0 Å². The number of hydrogen-bond acceptors (Lipinski definition) is 5. The van der Waals surface area contributed by atoms with Crippen LogP contribution in [0.25, 0.3) is 0 Å². The Morgan fingerprint density at radius 2 is 1.71 bits per heavy atom. The van der Waals surface area contributed by atoms with Crippen molar-refractivity contribution in [2.75, 3.05) is 7.11 Å². The Kier molecular flexibility index (Phi) is 4.10. The van der Waals surface area contributed by atoms with Crippen molar-refractivity contribution in [1.82, 2.24) is 0 Å². The maximum absolute atomic E-state index is 11.3. The fraction of sp³-hybridized carbons (Fsp3) is 0.778. The smallest absolute Gasteiger partial charge is 0.308 e. The van der Waals surface area contributed by atoms with Gasteiger partial charge in [0.2, 0.25) is 0 Å². The van der Waals surface area contributed by atoms with Crippen LogP contribution in [0, 0.1) is 11.8 Å². The van der Waals surface area contributed by atoms with Crippen LogP contribution in [0.2, 0.25) is 0 Å². The van der Waals surface area contributed by atoms with Gasteiger partial charge >= 0.3 is 11.9 Å². The molecule has 1 saturated carbocycles. The number of esters is 1. The fourth-order valence-electron chi connectivity index (χ4n) is 2.07. The summed E-state index contributed by atoms with van der Waals surface area (Å²) in [5, 5.41) is 7.64. The first kappa shape index (κ1) is 13.9. The van der Waals surface area contributed by atoms with Gasteiger partial charge in [-0.25, -0.2) is 0 Å². The van der Waals surface area contributed by atoms with Crippen molar-refractivity contribution in [3.63, 3.8) is 0 Å². The molecule has 3 atom stereocenters. The maximum Gasteiger partial charge on any atom is 0.308 e. The molecule has 0 aromatic carbocycles.